The summed E-state index contributed by atoms with van der Waals surface area (Å²) in [5.41, 5.74) is 1.44. The summed E-state index contributed by atoms with van der Waals surface area (Å²) in [7, 11) is 0. The van der Waals surface area contributed by atoms with Crippen LogP contribution in [-0.4, -0.2) is 28.0 Å². The summed E-state index contributed by atoms with van der Waals surface area (Å²) in [5.74, 6) is -1.11. The number of rotatable bonds is 6. The molecule has 0 spiro atoms. The normalized spacial score (nSPS) is 15.6. The van der Waals surface area contributed by atoms with E-state index >= 15 is 0 Å². The Labute approximate surface area is 193 Å². The Morgan fingerprint density at radius 1 is 1.24 bits per heavy atom. The third kappa shape index (κ3) is 5.35. The molecule has 10 heteroatoms. The van der Waals surface area contributed by atoms with Crippen molar-refractivity contribution in [3.63, 3.8) is 0 Å². The second-order valence-electron chi connectivity index (χ2n) is 7.36. The lowest BCUT2D eigenvalue weighted by molar-refractivity contribution is -0.779. The van der Waals surface area contributed by atoms with E-state index in [4.69, 9.17) is 4.52 Å². The number of anilines is 1. The Bertz CT molecular complexity index is 1240. The molecule has 0 N–H and O–H groups in total. The lowest BCUT2D eigenvalue weighted by Crippen LogP contribution is -2.36. The first-order chi connectivity index (χ1) is 15.9. The van der Waals surface area contributed by atoms with Crippen LogP contribution in [0.25, 0.3) is 6.08 Å². The molecule has 0 aliphatic carbocycles. The summed E-state index contributed by atoms with van der Waals surface area (Å²) in [6, 6.07) is 14.8. The minimum absolute atomic E-state index is 0.0539. The van der Waals surface area contributed by atoms with Gasteiger partial charge in [0.15, 0.2) is 11.2 Å². The van der Waals surface area contributed by atoms with Crippen LogP contribution in [0.4, 0.5) is 16.0 Å². The predicted molar refractivity (Wildman–Crippen MR) is 122 cm³/mol. The van der Waals surface area contributed by atoms with Gasteiger partial charge in [-0.25, -0.2) is 14.4 Å². The summed E-state index contributed by atoms with van der Waals surface area (Å²) in [6.45, 7) is 3.85. The van der Waals surface area contributed by atoms with Crippen LogP contribution < -0.4 is 14.7 Å². The maximum atomic E-state index is 13.2. The first kappa shape index (κ1) is 22.4. The van der Waals surface area contributed by atoms with Crippen LogP contribution in [-0.2, 0) is 4.79 Å². The Balaban J connectivity index is 1.57. The Hall–Kier alpha value is -3.79. The molecular weight excluding hydrogens is 445 g/mol. The quantitative estimate of drug-likeness (QED) is 0.241. The molecule has 4 rings (SSSR count). The average Bonchev–Trinajstić information content (AvgIpc) is 3.39. The average molecular weight is 466 g/mol. The van der Waals surface area contributed by atoms with Crippen molar-refractivity contribution in [2.45, 2.75) is 19.9 Å². The zero-order valence-electron chi connectivity index (χ0n) is 17.9. The van der Waals surface area contributed by atoms with E-state index in [0.717, 1.165) is 11.8 Å². The van der Waals surface area contributed by atoms with Crippen molar-refractivity contribution in [1.82, 2.24) is 5.27 Å². The first-order valence-electron chi connectivity index (χ1n) is 10.1. The smallest absolute Gasteiger partial charge is 0.320 e. The summed E-state index contributed by atoms with van der Waals surface area (Å²) < 4.78 is 19.8. The van der Waals surface area contributed by atoms with Gasteiger partial charge in [-0.15, -0.1) is 0 Å². The van der Waals surface area contributed by atoms with Crippen molar-refractivity contribution in [2.24, 2.45) is 9.98 Å². The fourth-order valence-corrected chi connectivity index (χ4v) is 3.74. The molecule has 0 bridgehead atoms. The van der Waals surface area contributed by atoms with Crippen molar-refractivity contribution >= 4 is 46.4 Å². The first-order valence-corrected chi connectivity index (χ1v) is 11.1. The van der Waals surface area contributed by atoms with Gasteiger partial charge in [0.2, 0.25) is 5.27 Å². The molecule has 0 atom stereocenters. The molecule has 1 amide bonds. The molecule has 168 valence electrons. The molecular formula is C23H20FN5O3S. The topological polar surface area (TPSA) is 98.0 Å². The number of para-hydroxylation sites is 1. The number of halogens is 1. The molecule has 0 fully saturated rings. The summed E-state index contributed by atoms with van der Waals surface area (Å²) in [5, 5.41) is 16.5. The van der Waals surface area contributed by atoms with Crippen LogP contribution in [0.3, 0.4) is 0 Å². The minimum atomic E-state index is -0.453. The molecule has 3 aromatic rings. The summed E-state index contributed by atoms with van der Waals surface area (Å²) >= 11 is 1.09. The molecule has 2 aromatic carbocycles. The largest absolute Gasteiger partial charge is 0.861 e. The lowest BCUT2D eigenvalue weighted by Gasteiger charge is -2.18. The van der Waals surface area contributed by atoms with E-state index in [0.29, 0.717) is 16.4 Å². The zero-order valence-corrected chi connectivity index (χ0v) is 18.7. The fraction of sp³-hybridized carbons (Fsp3) is 0.174. The second kappa shape index (κ2) is 9.78. The highest BCUT2D eigenvalue weighted by molar-refractivity contribution is 8.14. The second-order valence-corrected chi connectivity index (χ2v) is 8.30. The molecule has 8 nitrogen and oxygen atoms in total. The van der Waals surface area contributed by atoms with Crippen LogP contribution >= 0.6 is 11.8 Å². The van der Waals surface area contributed by atoms with E-state index in [1.54, 1.807) is 53.4 Å². The van der Waals surface area contributed by atoms with Crippen molar-refractivity contribution < 1.29 is 23.5 Å². The van der Waals surface area contributed by atoms with Crippen molar-refractivity contribution in [2.75, 3.05) is 10.7 Å². The molecule has 0 saturated carbocycles. The number of amidine groups is 1. The monoisotopic (exact) mass is 465 g/mol. The maximum absolute atomic E-state index is 13.2. The van der Waals surface area contributed by atoms with Crippen LogP contribution in [0.15, 0.2) is 81.0 Å². The van der Waals surface area contributed by atoms with Crippen molar-refractivity contribution in [3.05, 3.63) is 77.9 Å². The van der Waals surface area contributed by atoms with Gasteiger partial charge in [-0.3, -0.25) is 14.2 Å². The number of aromatic nitrogens is 2. The Morgan fingerprint density at radius 2 is 1.97 bits per heavy atom. The van der Waals surface area contributed by atoms with Crippen LogP contribution in [0.1, 0.15) is 25.5 Å². The van der Waals surface area contributed by atoms with Crippen molar-refractivity contribution in [3.8, 4) is 0 Å². The minimum Gasteiger partial charge on any atom is -0.861 e. The van der Waals surface area contributed by atoms with E-state index < -0.39 is 5.90 Å². The van der Waals surface area contributed by atoms with Crippen molar-refractivity contribution in [1.29, 1.82) is 0 Å². The molecule has 33 heavy (non-hydrogen) atoms. The van der Waals surface area contributed by atoms with Gasteiger partial charge in [0.1, 0.15) is 11.5 Å². The van der Waals surface area contributed by atoms with Gasteiger partial charge in [-0.1, -0.05) is 42.1 Å². The third-order valence-corrected chi connectivity index (χ3v) is 5.50. The number of nitrogens with zero attached hydrogens (tertiary/aromatic N) is 5. The van der Waals surface area contributed by atoms with Gasteiger partial charge in [-0.05, 0) is 60.3 Å². The molecule has 0 saturated heterocycles. The maximum Gasteiger partial charge on any atom is 0.320 e. The van der Waals surface area contributed by atoms with Gasteiger partial charge in [0.25, 0.3) is 12.1 Å². The summed E-state index contributed by atoms with van der Waals surface area (Å²) in [4.78, 5) is 22.9. The molecule has 0 unspecified atom stereocenters. The van der Waals surface area contributed by atoms with Gasteiger partial charge in [0.05, 0.1) is 5.69 Å². The van der Waals surface area contributed by atoms with E-state index in [2.05, 4.69) is 15.3 Å². The molecule has 2 heterocycles. The zero-order chi connectivity index (χ0) is 23.4. The van der Waals surface area contributed by atoms with Gasteiger partial charge < -0.3 is 5.11 Å². The molecule has 0 radical (unpaired) electrons. The van der Waals surface area contributed by atoms with Crippen LogP contribution in [0.5, 0.6) is 0 Å². The number of benzene rings is 2. The highest BCUT2D eigenvalue weighted by Crippen LogP contribution is 2.29. The lowest BCUT2D eigenvalue weighted by atomic mass is 10.2. The number of amides is 1. The molecule has 1 aromatic heterocycles. The predicted octanol–water partition coefficient (Wildman–Crippen LogP) is 3.25. The van der Waals surface area contributed by atoms with Gasteiger partial charge >= 0.3 is 5.88 Å². The Kier molecular flexibility index (Phi) is 6.64. The third-order valence-electron chi connectivity index (χ3n) is 4.58. The number of thioether (sulfide) groups is 1. The molecule has 1 aliphatic rings. The number of hydrogen-bond donors (Lipinski definition) is 0. The van der Waals surface area contributed by atoms with E-state index in [9.17, 15) is 14.3 Å². The van der Waals surface area contributed by atoms with E-state index in [1.807, 2.05) is 19.9 Å². The highest BCUT2D eigenvalue weighted by Gasteiger charge is 2.31. The van der Waals surface area contributed by atoms with Gasteiger partial charge in [0, 0.05) is 5.75 Å². The summed E-state index contributed by atoms with van der Waals surface area (Å²) in [6.07, 6.45) is 3.13. The van der Waals surface area contributed by atoms with Crippen LogP contribution in [0.2, 0.25) is 0 Å². The van der Waals surface area contributed by atoms with E-state index in [-0.39, 0.29) is 35.1 Å². The van der Waals surface area contributed by atoms with E-state index in [1.165, 1.54) is 17.0 Å². The number of carbonyl (C=O) groups is 1. The standard InChI is InChI=1S/C23H20FN5O3S/c1-15(2)28-13-21(32-27-28)26-20(30)14-33-23-25-19(12-16-8-10-17(24)11-9-16)22(31)29(23)18-6-4-3-5-7-18/h3-13,15H,14H2,1-2H3/b19-12+. The van der Waals surface area contributed by atoms with Crippen LogP contribution in [0, 0.1) is 5.82 Å². The SMILES string of the molecule is CC(C)[n+]1cc(/N=C(\[O-])CSC2=N/C(=C/c3ccc(F)cc3)C(=O)N2c2ccccc2)on1. The fourth-order valence-electron chi connectivity index (χ4n) is 2.94. The highest BCUT2D eigenvalue weighted by atomic mass is 32.2. The molecule has 1 aliphatic heterocycles. The Morgan fingerprint density at radius 3 is 2.64 bits per heavy atom. The number of hydrogen-bond acceptors (Lipinski definition) is 7. The number of aliphatic imine (C=N–C) groups is 2. The number of carbonyl (C=O) groups excluding carboxylic acids is 1. The van der Waals surface area contributed by atoms with Gasteiger partial charge in [-0.2, -0.15) is 0 Å².